The Morgan fingerprint density at radius 2 is 1.89 bits per heavy atom. The lowest BCUT2D eigenvalue weighted by Gasteiger charge is -2.10. The fraction of sp³-hybridized carbons (Fsp3) is 0.0455. The van der Waals surface area contributed by atoms with Gasteiger partial charge in [-0.2, -0.15) is 0 Å². The van der Waals surface area contributed by atoms with Crippen LogP contribution < -0.4 is 10.9 Å². The first-order valence-corrected chi connectivity index (χ1v) is 9.01. The van der Waals surface area contributed by atoms with Crippen molar-refractivity contribution in [3.05, 3.63) is 89.2 Å². The molecule has 0 aliphatic heterocycles. The average molecular weight is 367 g/mol. The van der Waals surface area contributed by atoms with Crippen LogP contribution in [0.5, 0.6) is 0 Å². The van der Waals surface area contributed by atoms with Crippen molar-refractivity contribution in [1.29, 1.82) is 0 Å². The third kappa shape index (κ3) is 2.91. The van der Waals surface area contributed by atoms with Crippen molar-refractivity contribution < 1.29 is 0 Å². The Kier molecular flexibility index (Phi) is 3.87. The van der Waals surface area contributed by atoms with E-state index in [9.17, 15) is 4.79 Å². The smallest absolute Gasteiger partial charge is 0.255 e. The quantitative estimate of drug-likeness (QED) is 0.447. The van der Waals surface area contributed by atoms with Crippen molar-refractivity contribution in [3.63, 3.8) is 0 Å². The predicted octanol–water partition coefficient (Wildman–Crippen LogP) is 4.08. The Morgan fingerprint density at radius 3 is 2.79 bits per heavy atom. The van der Waals surface area contributed by atoms with Gasteiger partial charge in [0.25, 0.3) is 5.56 Å². The molecule has 6 heteroatoms. The van der Waals surface area contributed by atoms with Gasteiger partial charge in [-0.3, -0.25) is 9.78 Å². The molecule has 0 amide bonds. The number of nitrogens with one attached hydrogen (secondary N) is 3. The molecular formula is C22H17N5O. The summed E-state index contributed by atoms with van der Waals surface area (Å²) in [5.74, 6) is 0.760. The SMILES string of the molecule is O=c1[nH]ccc2ccc(-c3cc(NCc4cccnc4)nc4[nH]ccc34)cc12. The average Bonchev–Trinajstić information content (AvgIpc) is 3.21. The summed E-state index contributed by atoms with van der Waals surface area (Å²) in [5, 5.41) is 5.97. The van der Waals surface area contributed by atoms with Gasteiger partial charge in [0.2, 0.25) is 0 Å². The number of hydrogen-bond donors (Lipinski definition) is 3. The van der Waals surface area contributed by atoms with Crippen LogP contribution in [-0.2, 0) is 6.54 Å². The van der Waals surface area contributed by atoms with Crippen LogP contribution in [-0.4, -0.2) is 19.9 Å². The van der Waals surface area contributed by atoms with Gasteiger partial charge >= 0.3 is 0 Å². The normalized spacial score (nSPS) is 11.1. The van der Waals surface area contributed by atoms with Crippen LogP contribution in [0.25, 0.3) is 32.9 Å². The fourth-order valence-electron chi connectivity index (χ4n) is 3.41. The number of aromatic nitrogens is 4. The lowest BCUT2D eigenvalue weighted by Crippen LogP contribution is -2.04. The minimum atomic E-state index is -0.0892. The molecule has 0 radical (unpaired) electrons. The van der Waals surface area contributed by atoms with Crippen molar-refractivity contribution in [2.45, 2.75) is 6.54 Å². The van der Waals surface area contributed by atoms with Crippen molar-refractivity contribution in [2.24, 2.45) is 0 Å². The summed E-state index contributed by atoms with van der Waals surface area (Å²) >= 11 is 0. The van der Waals surface area contributed by atoms with E-state index in [0.717, 1.165) is 38.9 Å². The van der Waals surface area contributed by atoms with Crippen LogP contribution >= 0.6 is 0 Å². The number of H-pyrrole nitrogens is 2. The monoisotopic (exact) mass is 367 g/mol. The van der Waals surface area contributed by atoms with Crippen LogP contribution in [0.15, 0.2) is 78.1 Å². The van der Waals surface area contributed by atoms with Gasteiger partial charge in [-0.05, 0) is 52.4 Å². The molecule has 5 rings (SSSR count). The van der Waals surface area contributed by atoms with Crippen LogP contribution in [0.4, 0.5) is 5.82 Å². The van der Waals surface area contributed by atoms with E-state index in [2.05, 4.69) is 25.3 Å². The number of hydrogen-bond acceptors (Lipinski definition) is 4. The third-order valence-corrected chi connectivity index (χ3v) is 4.81. The Labute approximate surface area is 160 Å². The first-order valence-electron chi connectivity index (χ1n) is 9.01. The van der Waals surface area contributed by atoms with Gasteiger partial charge in [-0.1, -0.05) is 18.2 Å². The topological polar surface area (TPSA) is 86.5 Å². The van der Waals surface area contributed by atoms with E-state index >= 15 is 0 Å². The molecule has 0 bridgehead atoms. The van der Waals surface area contributed by atoms with Gasteiger partial charge in [0.15, 0.2) is 0 Å². The molecule has 0 spiro atoms. The van der Waals surface area contributed by atoms with Gasteiger partial charge in [0.05, 0.1) is 0 Å². The van der Waals surface area contributed by atoms with Crippen LogP contribution in [0.3, 0.4) is 0 Å². The summed E-state index contributed by atoms with van der Waals surface area (Å²) in [6.07, 6.45) is 7.13. The largest absolute Gasteiger partial charge is 0.366 e. The van der Waals surface area contributed by atoms with Crippen LogP contribution in [0, 0.1) is 0 Å². The third-order valence-electron chi connectivity index (χ3n) is 4.81. The predicted molar refractivity (Wildman–Crippen MR) is 111 cm³/mol. The molecule has 4 aromatic heterocycles. The molecule has 3 N–H and O–H groups in total. The van der Waals surface area contributed by atoms with Gasteiger partial charge in [0, 0.05) is 42.1 Å². The molecule has 5 aromatic rings. The zero-order chi connectivity index (χ0) is 18.9. The fourth-order valence-corrected chi connectivity index (χ4v) is 3.41. The summed E-state index contributed by atoms with van der Waals surface area (Å²) in [6, 6.07) is 15.8. The van der Waals surface area contributed by atoms with Gasteiger partial charge in [0.1, 0.15) is 11.5 Å². The number of anilines is 1. The number of benzene rings is 1. The van der Waals surface area contributed by atoms with E-state index in [4.69, 9.17) is 0 Å². The molecule has 0 atom stereocenters. The summed E-state index contributed by atoms with van der Waals surface area (Å²) < 4.78 is 0. The molecule has 136 valence electrons. The molecule has 0 fully saturated rings. The summed E-state index contributed by atoms with van der Waals surface area (Å²) in [6.45, 7) is 0.629. The number of nitrogens with zero attached hydrogens (tertiary/aromatic N) is 2. The number of fused-ring (bicyclic) bond motifs is 2. The lowest BCUT2D eigenvalue weighted by atomic mass is 10.0. The second-order valence-corrected chi connectivity index (χ2v) is 6.62. The number of pyridine rings is 3. The second kappa shape index (κ2) is 6.66. The zero-order valence-electron chi connectivity index (χ0n) is 14.9. The summed E-state index contributed by atoms with van der Waals surface area (Å²) in [5.41, 5.74) is 3.78. The highest BCUT2D eigenvalue weighted by Gasteiger charge is 2.10. The Bertz CT molecular complexity index is 1340. The summed E-state index contributed by atoms with van der Waals surface area (Å²) in [7, 11) is 0. The molecule has 1 aromatic carbocycles. The molecule has 0 aliphatic rings. The lowest BCUT2D eigenvalue weighted by molar-refractivity contribution is 1.09. The minimum Gasteiger partial charge on any atom is -0.366 e. The molecule has 28 heavy (non-hydrogen) atoms. The summed E-state index contributed by atoms with van der Waals surface area (Å²) in [4.78, 5) is 26.9. The first-order chi connectivity index (χ1) is 13.8. The van der Waals surface area contributed by atoms with E-state index in [1.54, 1.807) is 12.4 Å². The first kappa shape index (κ1) is 16.3. The molecule has 4 heterocycles. The minimum absolute atomic E-state index is 0.0892. The Morgan fingerprint density at radius 1 is 0.964 bits per heavy atom. The standard InChI is InChI=1S/C22H17N5O/c28-22-19-10-16(4-3-15(19)5-8-25-22)18-11-20(27-21-17(18)6-9-24-21)26-13-14-2-1-7-23-12-14/h1-12H,13H2,(H,25,28)(H2,24,26,27). The Hall–Kier alpha value is -3.93. The zero-order valence-corrected chi connectivity index (χ0v) is 14.9. The molecule has 0 aliphatic carbocycles. The second-order valence-electron chi connectivity index (χ2n) is 6.62. The molecule has 0 saturated carbocycles. The highest BCUT2D eigenvalue weighted by molar-refractivity contribution is 5.97. The van der Waals surface area contributed by atoms with E-state index in [0.29, 0.717) is 11.9 Å². The number of aromatic amines is 2. The maximum atomic E-state index is 12.2. The van der Waals surface area contributed by atoms with Crippen molar-refractivity contribution in [3.8, 4) is 11.1 Å². The van der Waals surface area contributed by atoms with E-state index in [1.807, 2.05) is 60.9 Å². The Balaban J connectivity index is 1.59. The van der Waals surface area contributed by atoms with Crippen LogP contribution in [0.1, 0.15) is 5.56 Å². The van der Waals surface area contributed by atoms with Crippen molar-refractivity contribution >= 4 is 27.6 Å². The van der Waals surface area contributed by atoms with Crippen molar-refractivity contribution in [2.75, 3.05) is 5.32 Å². The molecule has 6 nitrogen and oxygen atoms in total. The van der Waals surface area contributed by atoms with Gasteiger partial charge in [-0.25, -0.2) is 4.98 Å². The van der Waals surface area contributed by atoms with Gasteiger partial charge in [-0.15, -0.1) is 0 Å². The molecular weight excluding hydrogens is 350 g/mol. The highest BCUT2D eigenvalue weighted by Crippen LogP contribution is 2.31. The van der Waals surface area contributed by atoms with E-state index < -0.39 is 0 Å². The maximum absolute atomic E-state index is 12.2. The molecule has 0 saturated heterocycles. The van der Waals surface area contributed by atoms with E-state index in [-0.39, 0.29) is 5.56 Å². The molecule has 0 unspecified atom stereocenters. The van der Waals surface area contributed by atoms with Gasteiger partial charge < -0.3 is 15.3 Å². The van der Waals surface area contributed by atoms with Crippen LogP contribution in [0.2, 0.25) is 0 Å². The van der Waals surface area contributed by atoms with E-state index in [1.165, 1.54) is 0 Å². The highest BCUT2D eigenvalue weighted by atomic mass is 16.1. The maximum Gasteiger partial charge on any atom is 0.255 e. The van der Waals surface area contributed by atoms with Crippen molar-refractivity contribution in [1.82, 2.24) is 19.9 Å². The number of rotatable bonds is 4.